The third-order valence-corrected chi connectivity index (χ3v) is 8.10. The van der Waals surface area contributed by atoms with Crippen LogP contribution in [0.25, 0.3) is 0 Å². The number of anilines is 1. The number of benzene rings is 1. The third-order valence-electron chi connectivity index (χ3n) is 5.51. The van der Waals surface area contributed by atoms with Gasteiger partial charge in [0, 0.05) is 16.5 Å². The van der Waals surface area contributed by atoms with Crippen LogP contribution in [-0.4, -0.2) is 27.3 Å². The summed E-state index contributed by atoms with van der Waals surface area (Å²) in [6.45, 7) is 1.40. The van der Waals surface area contributed by atoms with Crippen LogP contribution < -0.4 is 5.32 Å². The molecule has 1 amide bonds. The number of thiazole rings is 1. The standard InChI is InChI=1S/C21H25F3N2O2S2/c1-13(27)30(2)18-8-7-15(12-17(18)21(22,23)24)16(11-14-5-3-4-6-14)19(28)26-20-25-9-10-29-20/h7-10,12,14,16,27H,3-6,11H2,1-2H3,(H,25,26,28). The summed E-state index contributed by atoms with van der Waals surface area (Å²) in [5.74, 6) is -0.706. The molecule has 0 spiro atoms. The van der Waals surface area contributed by atoms with Crippen molar-refractivity contribution >= 4 is 37.9 Å². The van der Waals surface area contributed by atoms with Gasteiger partial charge < -0.3 is 10.4 Å². The van der Waals surface area contributed by atoms with Crippen LogP contribution in [-0.2, 0) is 11.0 Å². The van der Waals surface area contributed by atoms with Gasteiger partial charge in [-0.2, -0.15) is 13.2 Å². The molecule has 1 aromatic carbocycles. The summed E-state index contributed by atoms with van der Waals surface area (Å²) in [6.07, 6.45) is 3.21. The molecule has 4 nitrogen and oxygen atoms in total. The van der Waals surface area contributed by atoms with E-state index in [1.165, 1.54) is 24.3 Å². The first-order valence-corrected chi connectivity index (χ1v) is 12.3. The summed E-state index contributed by atoms with van der Waals surface area (Å²) in [7, 11) is -1.06. The average molecular weight is 459 g/mol. The number of hydrogen-bond acceptors (Lipinski definition) is 3. The molecule has 2 unspecified atom stereocenters. The van der Waals surface area contributed by atoms with Gasteiger partial charge in [0.05, 0.1) is 16.5 Å². The van der Waals surface area contributed by atoms with E-state index in [2.05, 4.69) is 10.3 Å². The van der Waals surface area contributed by atoms with Crippen LogP contribution in [0.1, 0.15) is 56.1 Å². The van der Waals surface area contributed by atoms with Crippen LogP contribution in [0.5, 0.6) is 0 Å². The summed E-state index contributed by atoms with van der Waals surface area (Å²) in [5.41, 5.74) is -0.447. The van der Waals surface area contributed by atoms with Crippen molar-refractivity contribution in [2.45, 2.75) is 56.0 Å². The summed E-state index contributed by atoms with van der Waals surface area (Å²) in [5, 5.41) is 14.6. The minimum atomic E-state index is -4.58. The molecule has 2 atom stereocenters. The van der Waals surface area contributed by atoms with E-state index in [0.29, 0.717) is 23.0 Å². The number of amides is 1. The smallest absolute Gasteiger partial charge is 0.359 e. The number of aliphatic hydroxyl groups is 1. The summed E-state index contributed by atoms with van der Waals surface area (Å²) >= 11 is 1.27. The Labute approximate surface area is 180 Å². The Hall–Kier alpha value is -1.71. The van der Waals surface area contributed by atoms with Crippen LogP contribution in [0.4, 0.5) is 18.3 Å². The molecule has 0 radical (unpaired) electrons. The number of nitrogens with one attached hydrogen (secondary N) is 1. The van der Waals surface area contributed by atoms with E-state index >= 15 is 0 Å². The van der Waals surface area contributed by atoms with E-state index in [1.807, 2.05) is 0 Å². The molecule has 0 bridgehead atoms. The Bertz CT molecular complexity index is 917. The molecule has 0 saturated heterocycles. The van der Waals surface area contributed by atoms with E-state index in [-0.39, 0.29) is 15.9 Å². The predicted molar refractivity (Wildman–Crippen MR) is 117 cm³/mol. The fourth-order valence-corrected chi connectivity index (χ4v) is 5.49. The second-order valence-corrected chi connectivity index (χ2v) is 10.5. The molecule has 1 fully saturated rings. The van der Waals surface area contributed by atoms with Crippen molar-refractivity contribution in [1.29, 1.82) is 0 Å². The number of rotatable bonds is 6. The third kappa shape index (κ3) is 5.50. The molecule has 1 aliphatic rings. The maximum atomic E-state index is 13.8. The number of nitrogens with zero attached hydrogens (tertiary/aromatic N) is 1. The molecule has 1 aromatic heterocycles. The highest BCUT2D eigenvalue weighted by Gasteiger charge is 2.36. The summed E-state index contributed by atoms with van der Waals surface area (Å²) < 4.78 is 41.5. The van der Waals surface area contributed by atoms with Gasteiger partial charge in [-0.3, -0.25) is 4.79 Å². The van der Waals surface area contributed by atoms with Gasteiger partial charge in [0.2, 0.25) is 5.91 Å². The Kier molecular flexibility index (Phi) is 7.36. The van der Waals surface area contributed by atoms with Gasteiger partial charge in [-0.25, -0.2) is 4.98 Å². The van der Waals surface area contributed by atoms with Crippen LogP contribution in [0, 0.1) is 5.92 Å². The highest BCUT2D eigenvalue weighted by Crippen LogP contribution is 2.42. The SMILES string of the molecule is C/C(O)=S(/C)c1ccc(C(CC2CCCC2)C(=O)Nc2nccs2)cc1C(F)(F)F. The molecular formula is C21H25F3N2O2S2. The van der Waals surface area contributed by atoms with Gasteiger partial charge >= 0.3 is 6.18 Å². The molecule has 2 aromatic rings. The lowest BCUT2D eigenvalue weighted by Crippen LogP contribution is -2.23. The second-order valence-electron chi connectivity index (χ2n) is 7.55. The minimum Gasteiger partial charge on any atom is -0.359 e. The van der Waals surface area contributed by atoms with E-state index in [4.69, 9.17) is 0 Å². The van der Waals surface area contributed by atoms with Gasteiger partial charge in [0.15, 0.2) is 5.13 Å². The first-order valence-electron chi connectivity index (χ1n) is 9.76. The van der Waals surface area contributed by atoms with E-state index in [0.717, 1.165) is 31.7 Å². The van der Waals surface area contributed by atoms with Crippen LogP contribution >= 0.6 is 21.8 Å². The summed E-state index contributed by atoms with van der Waals surface area (Å²) in [4.78, 5) is 17.1. The number of hydrogen-bond donors (Lipinski definition) is 2. The lowest BCUT2D eigenvalue weighted by Gasteiger charge is -2.23. The highest BCUT2D eigenvalue weighted by atomic mass is 32.2. The zero-order valence-electron chi connectivity index (χ0n) is 16.8. The Balaban J connectivity index is 2.00. The highest BCUT2D eigenvalue weighted by molar-refractivity contribution is 8.15. The minimum absolute atomic E-state index is 0.0335. The number of aliphatic hydroxyl groups excluding tert-OH is 1. The summed E-state index contributed by atoms with van der Waals surface area (Å²) in [6, 6.07) is 4.08. The largest absolute Gasteiger partial charge is 0.417 e. The lowest BCUT2D eigenvalue weighted by atomic mass is 9.86. The van der Waals surface area contributed by atoms with Gasteiger partial charge in [-0.1, -0.05) is 31.7 Å². The Morgan fingerprint density at radius 1 is 1.37 bits per heavy atom. The molecule has 0 aliphatic heterocycles. The number of halogens is 3. The average Bonchev–Trinajstić information content (AvgIpc) is 3.38. The quantitative estimate of drug-likeness (QED) is 0.490. The number of carbonyl (C=O) groups excluding carboxylic acids is 1. The Morgan fingerprint density at radius 3 is 2.63 bits per heavy atom. The normalized spacial score (nSPS) is 17.6. The predicted octanol–water partition coefficient (Wildman–Crippen LogP) is 6.43. The maximum Gasteiger partial charge on any atom is 0.417 e. The molecule has 3 rings (SSSR count). The zero-order chi connectivity index (χ0) is 21.9. The molecule has 164 valence electrons. The van der Waals surface area contributed by atoms with Gasteiger partial charge in [-0.15, -0.1) is 21.8 Å². The second kappa shape index (κ2) is 9.62. The zero-order valence-corrected chi connectivity index (χ0v) is 18.5. The molecule has 1 heterocycles. The molecule has 9 heteroatoms. The van der Waals surface area contributed by atoms with Crippen molar-refractivity contribution in [3.05, 3.63) is 40.9 Å². The van der Waals surface area contributed by atoms with E-state index in [9.17, 15) is 23.1 Å². The molecule has 2 N–H and O–H groups in total. The van der Waals surface area contributed by atoms with Crippen molar-refractivity contribution < 1.29 is 23.1 Å². The van der Waals surface area contributed by atoms with Gasteiger partial charge in [0.25, 0.3) is 0 Å². The van der Waals surface area contributed by atoms with E-state index in [1.54, 1.807) is 23.9 Å². The first-order chi connectivity index (χ1) is 14.2. The number of aromatic nitrogens is 1. The topological polar surface area (TPSA) is 62.2 Å². The lowest BCUT2D eigenvalue weighted by molar-refractivity contribution is -0.139. The van der Waals surface area contributed by atoms with Crippen LogP contribution in [0.3, 0.4) is 0 Å². The van der Waals surface area contributed by atoms with Crippen LogP contribution in [0.15, 0.2) is 34.7 Å². The monoisotopic (exact) mass is 458 g/mol. The number of alkyl halides is 3. The first kappa shape index (κ1) is 23.0. The van der Waals surface area contributed by atoms with Gasteiger partial charge in [0.1, 0.15) is 0 Å². The van der Waals surface area contributed by atoms with Crippen molar-refractivity contribution in [2.24, 2.45) is 5.92 Å². The van der Waals surface area contributed by atoms with Crippen molar-refractivity contribution in [3.63, 3.8) is 0 Å². The van der Waals surface area contributed by atoms with E-state index < -0.39 is 28.1 Å². The van der Waals surface area contributed by atoms with Crippen molar-refractivity contribution in [2.75, 3.05) is 11.6 Å². The van der Waals surface area contributed by atoms with Crippen molar-refractivity contribution in [1.82, 2.24) is 4.98 Å². The molecule has 30 heavy (non-hydrogen) atoms. The fraction of sp³-hybridized carbons (Fsp3) is 0.476. The van der Waals surface area contributed by atoms with Gasteiger partial charge in [-0.05, 0) is 43.2 Å². The van der Waals surface area contributed by atoms with Crippen molar-refractivity contribution in [3.8, 4) is 0 Å². The maximum absolute atomic E-state index is 13.8. The Morgan fingerprint density at radius 2 is 2.07 bits per heavy atom. The molecule has 1 saturated carbocycles. The number of carbonyl (C=O) groups is 1. The fourth-order valence-electron chi connectivity index (χ4n) is 3.86. The molecule has 1 aliphatic carbocycles. The molecular weight excluding hydrogens is 433 g/mol. The van der Waals surface area contributed by atoms with Crippen LogP contribution in [0.2, 0.25) is 0 Å².